The van der Waals surface area contributed by atoms with Crippen LogP contribution in [0.2, 0.25) is 13.1 Å². The van der Waals surface area contributed by atoms with Crippen molar-refractivity contribution in [2.75, 3.05) is 0 Å². The first-order chi connectivity index (χ1) is 5.79. The van der Waals surface area contributed by atoms with E-state index < -0.39 is 8.80 Å². The highest BCUT2D eigenvalue weighted by Gasteiger charge is 2.19. The zero-order chi connectivity index (χ0) is 8.55. The first-order valence-corrected chi connectivity index (χ1v) is 7.54. The second kappa shape index (κ2) is 2.90. The molecule has 0 heterocycles. The number of benzene rings is 1. The summed E-state index contributed by atoms with van der Waals surface area (Å²) >= 11 is 0. The molecule has 0 saturated carbocycles. The lowest BCUT2D eigenvalue weighted by atomic mass is 10.1. The summed E-state index contributed by atoms with van der Waals surface area (Å²) in [5.74, 6) is 0. The molecule has 1 aromatic rings. The van der Waals surface area contributed by atoms with E-state index in [2.05, 4.69) is 49.5 Å². The summed E-state index contributed by atoms with van der Waals surface area (Å²) in [5.41, 5.74) is 3.77. The zero-order valence-electron chi connectivity index (χ0n) is 7.62. The van der Waals surface area contributed by atoms with Crippen molar-refractivity contribution in [3.63, 3.8) is 0 Å². The summed E-state index contributed by atoms with van der Waals surface area (Å²) in [6.45, 7) is 4.83. The smallest absolute Gasteiger partial charge is 0.0436 e. The Bertz CT molecular complexity index is 313. The van der Waals surface area contributed by atoms with Crippen molar-refractivity contribution in [1.29, 1.82) is 0 Å². The van der Waals surface area contributed by atoms with Gasteiger partial charge < -0.3 is 0 Å². The van der Waals surface area contributed by atoms with Crippen LogP contribution in [-0.4, -0.2) is 8.80 Å². The molecule has 1 aliphatic carbocycles. The van der Waals surface area contributed by atoms with Gasteiger partial charge in [0.2, 0.25) is 0 Å². The van der Waals surface area contributed by atoms with Gasteiger partial charge in [0.15, 0.2) is 0 Å². The van der Waals surface area contributed by atoms with E-state index in [0.29, 0.717) is 0 Å². The maximum Gasteiger partial charge on any atom is 0.0436 e. The van der Waals surface area contributed by atoms with Crippen molar-refractivity contribution >= 4 is 14.9 Å². The van der Waals surface area contributed by atoms with Gasteiger partial charge in [-0.1, -0.05) is 49.5 Å². The molecule has 0 spiro atoms. The number of hydrogen-bond donors (Lipinski definition) is 0. The lowest BCUT2D eigenvalue weighted by molar-refractivity contribution is 1.20. The standard InChI is InChI=1S/C11H14Si/c1-12(2)11-8-7-9-5-3-4-6-10(9)11/h3-8,11-12H,1-2H3. The third-order valence-electron chi connectivity index (χ3n) is 2.56. The maximum atomic E-state index is 2.41. The van der Waals surface area contributed by atoms with Gasteiger partial charge in [-0.25, -0.2) is 0 Å². The Kier molecular flexibility index (Phi) is 1.89. The molecule has 1 aromatic carbocycles. The zero-order valence-corrected chi connectivity index (χ0v) is 8.77. The van der Waals surface area contributed by atoms with Crippen LogP contribution >= 0.6 is 0 Å². The quantitative estimate of drug-likeness (QED) is 0.574. The van der Waals surface area contributed by atoms with Gasteiger partial charge in [0, 0.05) is 8.80 Å². The van der Waals surface area contributed by atoms with E-state index in [4.69, 9.17) is 0 Å². The normalized spacial score (nSPS) is 20.1. The average Bonchev–Trinajstić information content (AvgIpc) is 2.47. The van der Waals surface area contributed by atoms with Crippen LogP contribution in [0.5, 0.6) is 0 Å². The second-order valence-electron chi connectivity index (χ2n) is 3.76. The summed E-state index contributed by atoms with van der Waals surface area (Å²) in [6.07, 6.45) is 4.65. The Hall–Kier alpha value is -0.823. The number of rotatable bonds is 1. The average molecular weight is 174 g/mol. The van der Waals surface area contributed by atoms with Gasteiger partial charge in [-0.2, -0.15) is 0 Å². The minimum Gasteiger partial charge on any atom is -0.0795 e. The van der Waals surface area contributed by atoms with E-state index in [0.717, 1.165) is 5.54 Å². The highest BCUT2D eigenvalue weighted by Crippen LogP contribution is 2.31. The predicted octanol–water partition coefficient (Wildman–Crippen LogP) is 2.82. The highest BCUT2D eigenvalue weighted by atomic mass is 28.3. The van der Waals surface area contributed by atoms with Gasteiger partial charge in [-0.15, -0.1) is 0 Å². The van der Waals surface area contributed by atoms with Crippen LogP contribution in [0.15, 0.2) is 30.3 Å². The van der Waals surface area contributed by atoms with Crippen molar-refractivity contribution in [1.82, 2.24) is 0 Å². The molecule has 62 valence electrons. The van der Waals surface area contributed by atoms with E-state index in [1.807, 2.05) is 0 Å². The molecular formula is C11H14Si. The van der Waals surface area contributed by atoms with Gasteiger partial charge in [0.05, 0.1) is 0 Å². The molecule has 0 amide bonds. The SMILES string of the molecule is C[SiH](C)C1C=Cc2ccccc21. The molecule has 0 nitrogen and oxygen atoms in total. The summed E-state index contributed by atoms with van der Waals surface area (Å²) < 4.78 is 0. The Morgan fingerprint density at radius 1 is 1.17 bits per heavy atom. The van der Waals surface area contributed by atoms with Crippen LogP contribution < -0.4 is 0 Å². The van der Waals surface area contributed by atoms with Crippen LogP contribution in [0, 0.1) is 0 Å². The molecule has 0 aliphatic heterocycles. The molecule has 1 atom stereocenters. The number of fused-ring (bicyclic) bond motifs is 1. The number of hydrogen-bond acceptors (Lipinski definition) is 0. The molecule has 0 aromatic heterocycles. The molecule has 0 saturated heterocycles. The molecular weight excluding hydrogens is 160 g/mol. The molecule has 1 unspecified atom stereocenters. The van der Waals surface area contributed by atoms with E-state index in [9.17, 15) is 0 Å². The van der Waals surface area contributed by atoms with E-state index in [1.54, 1.807) is 5.56 Å². The summed E-state index contributed by atoms with van der Waals surface area (Å²) in [7, 11) is -0.547. The Morgan fingerprint density at radius 3 is 2.67 bits per heavy atom. The third kappa shape index (κ3) is 1.14. The Labute approximate surface area is 75.5 Å². The van der Waals surface area contributed by atoms with Crippen LogP contribution in [0.4, 0.5) is 0 Å². The molecule has 1 aliphatic rings. The first-order valence-electron chi connectivity index (χ1n) is 4.56. The molecule has 0 bridgehead atoms. The van der Waals surface area contributed by atoms with Crippen LogP contribution in [0.25, 0.3) is 6.08 Å². The summed E-state index contributed by atoms with van der Waals surface area (Å²) in [6, 6.07) is 8.75. The summed E-state index contributed by atoms with van der Waals surface area (Å²) in [5, 5.41) is 0. The molecule has 0 radical (unpaired) electrons. The van der Waals surface area contributed by atoms with Gasteiger partial charge in [-0.3, -0.25) is 0 Å². The lowest BCUT2D eigenvalue weighted by Gasteiger charge is -2.12. The van der Waals surface area contributed by atoms with E-state index in [-0.39, 0.29) is 0 Å². The van der Waals surface area contributed by atoms with Crippen molar-refractivity contribution in [3.8, 4) is 0 Å². The number of allylic oxidation sites excluding steroid dienone is 1. The van der Waals surface area contributed by atoms with Gasteiger partial charge >= 0.3 is 0 Å². The molecule has 1 heteroatoms. The van der Waals surface area contributed by atoms with Crippen molar-refractivity contribution in [3.05, 3.63) is 41.5 Å². The first kappa shape index (κ1) is 7.81. The molecule has 2 rings (SSSR count). The molecule has 0 fully saturated rings. The Morgan fingerprint density at radius 2 is 1.92 bits per heavy atom. The minimum absolute atomic E-state index is 0.547. The van der Waals surface area contributed by atoms with Crippen molar-refractivity contribution in [2.45, 2.75) is 18.6 Å². The molecule has 12 heavy (non-hydrogen) atoms. The fourth-order valence-electron chi connectivity index (χ4n) is 1.86. The van der Waals surface area contributed by atoms with Crippen molar-refractivity contribution in [2.24, 2.45) is 0 Å². The van der Waals surface area contributed by atoms with Crippen LogP contribution in [-0.2, 0) is 0 Å². The van der Waals surface area contributed by atoms with E-state index in [1.165, 1.54) is 5.56 Å². The van der Waals surface area contributed by atoms with Gasteiger partial charge in [0.25, 0.3) is 0 Å². The minimum atomic E-state index is -0.547. The summed E-state index contributed by atoms with van der Waals surface area (Å²) in [4.78, 5) is 0. The fraction of sp³-hybridized carbons (Fsp3) is 0.273. The lowest BCUT2D eigenvalue weighted by Crippen LogP contribution is -2.11. The monoisotopic (exact) mass is 174 g/mol. The Balaban J connectivity index is 2.42. The van der Waals surface area contributed by atoms with Crippen molar-refractivity contribution < 1.29 is 0 Å². The molecule has 0 N–H and O–H groups in total. The highest BCUT2D eigenvalue weighted by molar-refractivity contribution is 6.58. The largest absolute Gasteiger partial charge is 0.0795 e. The van der Waals surface area contributed by atoms with Gasteiger partial charge in [0.1, 0.15) is 0 Å². The van der Waals surface area contributed by atoms with E-state index >= 15 is 0 Å². The van der Waals surface area contributed by atoms with Crippen LogP contribution in [0.1, 0.15) is 16.7 Å². The van der Waals surface area contributed by atoms with Crippen LogP contribution in [0.3, 0.4) is 0 Å². The topological polar surface area (TPSA) is 0 Å². The fourth-order valence-corrected chi connectivity index (χ4v) is 3.44. The van der Waals surface area contributed by atoms with Gasteiger partial charge in [-0.05, 0) is 16.7 Å². The predicted molar refractivity (Wildman–Crippen MR) is 57.1 cm³/mol. The maximum absolute atomic E-state index is 2.41. The second-order valence-corrected chi connectivity index (χ2v) is 6.96. The third-order valence-corrected chi connectivity index (χ3v) is 4.57.